The van der Waals surface area contributed by atoms with E-state index >= 15 is 0 Å². The number of hydrogen-bond acceptors (Lipinski definition) is 5. The Hall–Kier alpha value is -2.14. The fraction of sp³-hybridized carbons (Fsp3) is 0.143. The fourth-order valence-electron chi connectivity index (χ4n) is 1.88. The predicted molar refractivity (Wildman–Crippen MR) is 73.0 cm³/mol. The summed E-state index contributed by atoms with van der Waals surface area (Å²) in [6.07, 6.45) is 1.90. The predicted octanol–water partition coefficient (Wildman–Crippen LogP) is 3.27. The van der Waals surface area contributed by atoms with E-state index in [2.05, 4.69) is 9.72 Å². The van der Waals surface area contributed by atoms with Crippen molar-refractivity contribution >= 4 is 28.3 Å². The Morgan fingerprint density at radius 2 is 2.26 bits per heavy atom. The van der Waals surface area contributed by atoms with Crippen LogP contribution in [0.3, 0.4) is 0 Å². The van der Waals surface area contributed by atoms with Gasteiger partial charge in [0.2, 0.25) is 0 Å². The molecule has 0 saturated carbocycles. The quantitative estimate of drug-likeness (QED) is 0.687. The van der Waals surface area contributed by atoms with Crippen LogP contribution < -0.4 is 0 Å². The minimum atomic E-state index is -0.283. The van der Waals surface area contributed by atoms with Crippen LogP contribution in [-0.2, 0) is 16.0 Å². The maximum atomic E-state index is 11.2. The second-order valence-electron chi connectivity index (χ2n) is 4.04. The number of esters is 1. The Morgan fingerprint density at radius 3 is 3.11 bits per heavy atom. The van der Waals surface area contributed by atoms with Crippen molar-refractivity contribution in [1.29, 1.82) is 0 Å². The van der Waals surface area contributed by atoms with E-state index in [1.807, 2.05) is 29.6 Å². The number of thiazole rings is 1. The number of carbonyl (C=O) groups excluding carboxylic acids is 1. The number of furan rings is 1. The smallest absolute Gasteiger partial charge is 0.311 e. The van der Waals surface area contributed by atoms with Crippen LogP contribution in [0.15, 0.2) is 40.3 Å². The van der Waals surface area contributed by atoms with Gasteiger partial charge < -0.3 is 9.15 Å². The van der Waals surface area contributed by atoms with Crippen molar-refractivity contribution < 1.29 is 13.9 Å². The highest BCUT2D eigenvalue weighted by molar-refractivity contribution is 7.13. The number of rotatable bonds is 3. The van der Waals surface area contributed by atoms with E-state index in [1.165, 1.54) is 18.4 Å². The zero-order chi connectivity index (χ0) is 13.2. The van der Waals surface area contributed by atoms with Gasteiger partial charge in [-0.1, -0.05) is 18.2 Å². The lowest BCUT2D eigenvalue weighted by Crippen LogP contribution is -2.04. The van der Waals surface area contributed by atoms with Crippen LogP contribution in [0.25, 0.3) is 21.5 Å². The molecule has 0 fully saturated rings. The summed E-state index contributed by atoms with van der Waals surface area (Å²) in [4.78, 5) is 15.7. The monoisotopic (exact) mass is 273 g/mol. The number of nitrogens with zero attached hydrogens (tertiary/aromatic N) is 1. The molecule has 0 bridgehead atoms. The minimum absolute atomic E-state index is 0.197. The van der Waals surface area contributed by atoms with Crippen LogP contribution >= 0.6 is 11.3 Å². The molecule has 0 aliphatic carbocycles. The number of para-hydroxylation sites is 1. The molecule has 19 heavy (non-hydrogen) atoms. The molecule has 96 valence electrons. The van der Waals surface area contributed by atoms with Gasteiger partial charge in [0.1, 0.15) is 16.9 Å². The molecule has 4 nitrogen and oxygen atoms in total. The molecule has 0 radical (unpaired) electrons. The molecule has 3 rings (SSSR count). The standard InChI is InChI=1S/C14H11NO3S/c1-17-13(16)6-9-8-19-14(15-9)11-7-18-12-5-3-2-4-10(11)12/h2-5,7-8H,6H2,1H3. The molecule has 5 heteroatoms. The Morgan fingerprint density at radius 1 is 1.42 bits per heavy atom. The van der Waals surface area contributed by atoms with E-state index in [9.17, 15) is 4.79 Å². The Bertz CT molecular complexity index is 729. The van der Waals surface area contributed by atoms with Crippen molar-refractivity contribution in [3.63, 3.8) is 0 Å². The van der Waals surface area contributed by atoms with E-state index in [4.69, 9.17) is 4.42 Å². The molecule has 2 aromatic heterocycles. The summed E-state index contributed by atoms with van der Waals surface area (Å²) in [6, 6.07) is 7.81. The number of hydrogen-bond donors (Lipinski definition) is 0. The normalized spacial score (nSPS) is 10.8. The van der Waals surface area contributed by atoms with Gasteiger partial charge in [0.05, 0.1) is 24.8 Å². The van der Waals surface area contributed by atoms with Crippen LogP contribution in [0.5, 0.6) is 0 Å². The lowest BCUT2D eigenvalue weighted by Gasteiger charge is -1.94. The van der Waals surface area contributed by atoms with Crippen molar-refractivity contribution in [3.05, 3.63) is 41.6 Å². The molecule has 0 aliphatic heterocycles. The molecule has 0 atom stereocenters. The first-order valence-corrected chi connectivity index (χ1v) is 6.63. The first-order chi connectivity index (χ1) is 9.28. The van der Waals surface area contributed by atoms with Gasteiger partial charge in [-0.05, 0) is 6.07 Å². The van der Waals surface area contributed by atoms with Crippen molar-refractivity contribution in [3.8, 4) is 10.6 Å². The summed E-state index contributed by atoms with van der Waals surface area (Å²) in [7, 11) is 1.37. The molecule has 0 spiro atoms. The summed E-state index contributed by atoms with van der Waals surface area (Å²) in [6.45, 7) is 0. The lowest BCUT2D eigenvalue weighted by molar-refractivity contribution is -0.139. The van der Waals surface area contributed by atoms with Crippen molar-refractivity contribution in [2.75, 3.05) is 7.11 Å². The molecular formula is C14H11NO3S. The Labute approximate surface area is 113 Å². The number of ether oxygens (including phenoxy) is 1. The van der Waals surface area contributed by atoms with E-state index < -0.39 is 0 Å². The van der Waals surface area contributed by atoms with Crippen LogP contribution in [0.1, 0.15) is 5.69 Å². The van der Waals surface area contributed by atoms with Gasteiger partial charge in [-0.3, -0.25) is 4.79 Å². The average molecular weight is 273 g/mol. The third-order valence-corrected chi connectivity index (χ3v) is 3.74. The molecule has 1 aromatic carbocycles. The van der Waals surface area contributed by atoms with Gasteiger partial charge in [0, 0.05) is 10.8 Å². The van der Waals surface area contributed by atoms with E-state index in [0.29, 0.717) is 0 Å². The van der Waals surface area contributed by atoms with Gasteiger partial charge in [0.25, 0.3) is 0 Å². The highest BCUT2D eigenvalue weighted by atomic mass is 32.1. The summed E-state index contributed by atoms with van der Waals surface area (Å²) in [5.41, 5.74) is 2.51. The fourth-order valence-corrected chi connectivity index (χ4v) is 2.71. The van der Waals surface area contributed by atoms with Crippen molar-refractivity contribution in [2.45, 2.75) is 6.42 Å². The SMILES string of the molecule is COC(=O)Cc1csc(-c2coc3ccccc23)n1. The van der Waals surface area contributed by atoms with Crippen molar-refractivity contribution in [2.24, 2.45) is 0 Å². The second-order valence-corrected chi connectivity index (χ2v) is 4.90. The minimum Gasteiger partial charge on any atom is -0.469 e. The molecular weight excluding hydrogens is 262 g/mol. The maximum absolute atomic E-state index is 11.2. The Balaban J connectivity index is 1.96. The zero-order valence-electron chi connectivity index (χ0n) is 10.3. The largest absolute Gasteiger partial charge is 0.469 e. The average Bonchev–Trinajstić information content (AvgIpc) is 3.04. The van der Waals surface area contributed by atoms with Crippen LogP contribution in [0.4, 0.5) is 0 Å². The number of benzene rings is 1. The highest BCUT2D eigenvalue weighted by Crippen LogP contribution is 2.32. The zero-order valence-corrected chi connectivity index (χ0v) is 11.1. The summed E-state index contributed by atoms with van der Waals surface area (Å²) in [5.74, 6) is -0.283. The van der Waals surface area contributed by atoms with Gasteiger partial charge >= 0.3 is 5.97 Å². The summed E-state index contributed by atoms with van der Waals surface area (Å²) < 4.78 is 10.1. The second kappa shape index (κ2) is 4.85. The Kier molecular flexibility index (Phi) is 3.05. The molecule has 0 saturated heterocycles. The third kappa shape index (κ3) is 2.24. The lowest BCUT2D eigenvalue weighted by atomic mass is 10.2. The van der Waals surface area contributed by atoms with Crippen LogP contribution in [-0.4, -0.2) is 18.1 Å². The maximum Gasteiger partial charge on any atom is 0.311 e. The van der Waals surface area contributed by atoms with Crippen LogP contribution in [0, 0.1) is 0 Å². The first-order valence-electron chi connectivity index (χ1n) is 5.76. The number of fused-ring (bicyclic) bond motifs is 1. The molecule has 0 aliphatic rings. The number of carbonyl (C=O) groups is 1. The van der Waals surface area contributed by atoms with E-state index in [-0.39, 0.29) is 12.4 Å². The van der Waals surface area contributed by atoms with Gasteiger partial charge in [0.15, 0.2) is 0 Å². The van der Waals surface area contributed by atoms with Gasteiger partial charge in [-0.15, -0.1) is 11.3 Å². The first kappa shape index (κ1) is 11.9. The van der Waals surface area contributed by atoms with E-state index in [1.54, 1.807) is 6.26 Å². The molecule has 3 aromatic rings. The molecule has 0 unspecified atom stereocenters. The summed E-state index contributed by atoms with van der Waals surface area (Å²) in [5, 5.41) is 3.75. The topological polar surface area (TPSA) is 52.3 Å². The third-order valence-electron chi connectivity index (χ3n) is 2.82. The highest BCUT2D eigenvalue weighted by Gasteiger charge is 2.13. The van der Waals surface area contributed by atoms with Gasteiger partial charge in [-0.25, -0.2) is 4.98 Å². The van der Waals surface area contributed by atoms with E-state index in [0.717, 1.165) is 27.2 Å². The molecule has 0 amide bonds. The number of methoxy groups -OCH3 is 1. The van der Waals surface area contributed by atoms with Crippen molar-refractivity contribution in [1.82, 2.24) is 4.98 Å². The van der Waals surface area contributed by atoms with Crippen LogP contribution in [0.2, 0.25) is 0 Å². The molecule has 0 N–H and O–H groups in total. The molecule has 2 heterocycles. The van der Waals surface area contributed by atoms with Gasteiger partial charge in [-0.2, -0.15) is 0 Å². The summed E-state index contributed by atoms with van der Waals surface area (Å²) >= 11 is 1.50. The number of aromatic nitrogens is 1.